The molecule has 1 aromatic heterocycles. The molecule has 0 unspecified atom stereocenters. The van der Waals surface area contributed by atoms with Crippen LogP contribution in [-0.4, -0.2) is 55.3 Å². The average molecular weight is 477 g/mol. The maximum Gasteiger partial charge on any atom is 0.309 e. The molecule has 0 spiro atoms. The second kappa shape index (κ2) is 10.7. The Morgan fingerprint density at radius 3 is 2.26 bits per heavy atom. The number of amides is 1. The topological polar surface area (TPSA) is 70.0 Å². The molecule has 184 valence electrons. The van der Waals surface area contributed by atoms with Crippen LogP contribution in [0.5, 0.6) is 11.5 Å². The third kappa shape index (κ3) is 5.04. The van der Waals surface area contributed by atoms with Gasteiger partial charge in [0.2, 0.25) is 0 Å². The third-order valence-electron chi connectivity index (χ3n) is 6.58. The fourth-order valence-corrected chi connectivity index (χ4v) is 4.63. The zero-order valence-corrected chi connectivity index (χ0v) is 20.7. The van der Waals surface area contributed by atoms with Crippen molar-refractivity contribution in [3.63, 3.8) is 0 Å². The zero-order chi connectivity index (χ0) is 24.9. The molecule has 1 saturated heterocycles. The summed E-state index contributed by atoms with van der Waals surface area (Å²) in [6.45, 7) is 5.22. The largest absolute Gasteiger partial charge is 0.497 e. The highest BCUT2D eigenvalue weighted by Gasteiger charge is 2.30. The molecule has 0 atom stereocenters. The summed E-state index contributed by atoms with van der Waals surface area (Å²) in [6, 6.07) is 17.6. The van der Waals surface area contributed by atoms with E-state index in [9.17, 15) is 9.59 Å². The second-order valence-electron chi connectivity index (χ2n) is 8.61. The number of aromatic nitrogens is 1. The Labute approximate surface area is 206 Å². The molecule has 7 heteroatoms. The van der Waals surface area contributed by atoms with Gasteiger partial charge < -0.3 is 23.7 Å². The van der Waals surface area contributed by atoms with Gasteiger partial charge in [0, 0.05) is 30.5 Å². The smallest absolute Gasteiger partial charge is 0.309 e. The lowest BCUT2D eigenvalue weighted by Gasteiger charge is -2.31. The Hall–Kier alpha value is -3.74. The highest BCUT2D eigenvalue weighted by molar-refractivity contribution is 5.97. The van der Waals surface area contributed by atoms with Crippen molar-refractivity contribution in [1.29, 1.82) is 0 Å². The van der Waals surface area contributed by atoms with Gasteiger partial charge >= 0.3 is 5.97 Å². The molecule has 0 saturated carbocycles. The standard InChI is InChI=1S/C28H32N2O5/c1-5-35-28(32)21-13-15-29(16-14-21)27(31)25-18-26(20-9-11-23(33-3)12-10-20)30(19(25)2)22-7-6-8-24(17-22)34-4/h6-12,17-18,21H,5,13-16H2,1-4H3. The van der Waals surface area contributed by atoms with Crippen LogP contribution in [0.1, 0.15) is 35.8 Å². The van der Waals surface area contributed by atoms with Crippen molar-refractivity contribution in [3.05, 3.63) is 65.9 Å². The van der Waals surface area contributed by atoms with Crippen LogP contribution in [0, 0.1) is 12.8 Å². The van der Waals surface area contributed by atoms with Crippen molar-refractivity contribution in [2.45, 2.75) is 26.7 Å². The highest BCUT2D eigenvalue weighted by Crippen LogP contribution is 2.33. The maximum absolute atomic E-state index is 13.6. The maximum atomic E-state index is 13.6. The molecule has 1 amide bonds. The number of methoxy groups -OCH3 is 2. The number of rotatable bonds is 7. The molecule has 1 aliphatic heterocycles. The summed E-state index contributed by atoms with van der Waals surface area (Å²) in [6.07, 6.45) is 1.23. The van der Waals surface area contributed by atoms with Crippen LogP contribution in [0.4, 0.5) is 0 Å². The first-order valence-electron chi connectivity index (χ1n) is 11.9. The van der Waals surface area contributed by atoms with E-state index < -0.39 is 0 Å². The van der Waals surface area contributed by atoms with Crippen LogP contribution >= 0.6 is 0 Å². The van der Waals surface area contributed by atoms with Gasteiger partial charge in [-0.15, -0.1) is 0 Å². The number of carbonyl (C=O) groups excluding carboxylic acids is 2. The Balaban J connectivity index is 1.69. The first kappa shape index (κ1) is 24.4. The quantitative estimate of drug-likeness (QED) is 0.455. The second-order valence-corrected chi connectivity index (χ2v) is 8.61. The first-order chi connectivity index (χ1) is 17.0. The van der Waals surface area contributed by atoms with Gasteiger partial charge in [-0.1, -0.05) is 6.07 Å². The third-order valence-corrected chi connectivity index (χ3v) is 6.58. The molecular formula is C28H32N2O5. The average Bonchev–Trinajstić information content (AvgIpc) is 3.25. The fourth-order valence-electron chi connectivity index (χ4n) is 4.63. The lowest BCUT2D eigenvalue weighted by molar-refractivity contribution is -0.149. The lowest BCUT2D eigenvalue weighted by Crippen LogP contribution is -2.40. The number of carbonyl (C=O) groups is 2. The summed E-state index contributed by atoms with van der Waals surface area (Å²) in [5.41, 5.74) is 4.28. The summed E-state index contributed by atoms with van der Waals surface area (Å²) in [5.74, 6) is 1.18. The summed E-state index contributed by atoms with van der Waals surface area (Å²) in [4.78, 5) is 27.6. The van der Waals surface area contributed by atoms with E-state index >= 15 is 0 Å². The van der Waals surface area contributed by atoms with E-state index in [0.717, 1.165) is 34.1 Å². The minimum atomic E-state index is -0.165. The normalized spacial score (nSPS) is 14.0. The summed E-state index contributed by atoms with van der Waals surface area (Å²) in [7, 11) is 3.28. The van der Waals surface area contributed by atoms with Crippen molar-refractivity contribution in [2.24, 2.45) is 5.92 Å². The van der Waals surface area contributed by atoms with Gasteiger partial charge in [0.05, 0.1) is 38.0 Å². The number of esters is 1. The van der Waals surface area contributed by atoms with E-state index in [1.165, 1.54) is 0 Å². The molecule has 1 aliphatic rings. The molecule has 0 radical (unpaired) electrons. The van der Waals surface area contributed by atoms with Gasteiger partial charge in [0.15, 0.2) is 0 Å². The minimum Gasteiger partial charge on any atom is -0.497 e. The molecule has 7 nitrogen and oxygen atoms in total. The van der Waals surface area contributed by atoms with Crippen molar-refractivity contribution in [1.82, 2.24) is 9.47 Å². The summed E-state index contributed by atoms with van der Waals surface area (Å²) in [5, 5.41) is 0. The van der Waals surface area contributed by atoms with Gasteiger partial charge in [0.25, 0.3) is 5.91 Å². The van der Waals surface area contributed by atoms with E-state index in [4.69, 9.17) is 14.2 Å². The van der Waals surface area contributed by atoms with Crippen LogP contribution < -0.4 is 9.47 Å². The predicted octanol–water partition coefficient (Wildman–Crippen LogP) is 4.89. The number of nitrogens with zero attached hydrogens (tertiary/aromatic N) is 2. The summed E-state index contributed by atoms with van der Waals surface area (Å²) < 4.78 is 18.0. The van der Waals surface area contributed by atoms with Crippen LogP contribution in [0.2, 0.25) is 0 Å². The summed E-state index contributed by atoms with van der Waals surface area (Å²) >= 11 is 0. The van der Waals surface area contributed by atoms with E-state index in [2.05, 4.69) is 4.57 Å². The van der Waals surface area contributed by atoms with E-state index in [1.54, 1.807) is 14.2 Å². The molecule has 0 bridgehead atoms. The van der Waals surface area contributed by atoms with Gasteiger partial charge in [-0.25, -0.2) is 0 Å². The first-order valence-corrected chi connectivity index (χ1v) is 11.9. The molecule has 0 aliphatic carbocycles. The van der Waals surface area contributed by atoms with Gasteiger partial charge in [-0.2, -0.15) is 0 Å². The number of ether oxygens (including phenoxy) is 3. The molecule has 4 rings (SSSR count). The number of hydrogen-bond donors (Lipinski definition) is 0. The molecule has 1 fully saturated rings. The fraction of sp³-hybridized carbons (Fsp3) is 0.357. The van der Waals surface area contributed by atoms with Crippen LogP contribution in [0.3, 0.4) is 0 Å². The Bertz CT molecular complexity index is 1190. The van der Waals surface area contributed by atoms with Crippen LogP contribution in [-0.2, 0) is 9.53 Å². The van der Waals surface area contributed by atoms with Gasteiger partial charge in [-0.3, -0.25) is 9.59 Å². The zero-order valence-electron chi connectivity index (χ0n) is 20.7. The van der Waals surface area contributed by atoms with E-state index in [-0.39, 0.29) is 17.8 Å². The Morgan fingerprint density at radius 1 is 0.943 bits per heavy atom. The molecule has 2 heterocycles. The predicted molar refractivity (Wildman–Crippen MR) is 134 cm³/mol. The molecule has 35 heavy (non-hydrogen) atoms. The van der Waals surface area contributed by atoms with Crippen molar-refractivity contribution in [3.8, 4) is 28.4 Å². The molecular weight excluding hydrogens is 444 g/mol. The number of hydrogen-bond acceptors (Lipinski definition) is 5. The number of piperidine rings is 1. The van der Waals surface area contributed by atoms with E-state index in [0.29, 0.717) is 38.1 Å². The van der Waals surface area contributed by atoms with Crippen molar-refractivity contribution >= 4 is 11.9 Å². The molecule has 3 aromatic rings. The Morgan fingerprint density at radius 2 is 1.63 bits per heavy atom. The lowest BCUT2D eigenvalue weighted by atomic mass is 9.96. The van der Waals surface area contributed by atoms with Crippen LogP contribution in [0.25, 0.3) is 16.9 Å². The number of likely N-dealkylation sites (tertiary alicyclic amines) is 1. The SMILES string of the molecule is CCOC(=O)C1CCN(C(=O)c2cc(-c3ccc(OC)cc3)n(-c3cccc(OC)c3)c2C)CC1. The van der Waals surface area contributed by atoms with Crippen LogP contribution in [0.15, 0.2) is 54.6 Å². The van der Waals surface area contributed by atoms with Crippen molar-refractivity contribution < 1.29 is 23.8 Å². The number of benzene rings is 2. The molecule has 0 N–H and O–H groups in total. The van der Waals surface area contributed by atoms with Crippen molar-refractivity contribution in [2.75, 3.05) is 33.9 Å². The monoisotopic (exact) mass is 476 g/mol. The van der Waals surface area contributed by atoms with Gasteiger partial charge in [0.1, 0.15) is 11.5 Å². The van der Waals surface area contributed by atoms with Gasteiger partial charge in [-0.05, 0) is 74.7 Å². The van der Waals surface area contributed by atoms with E-state index in [1.807, 2.05) is 73.3 Å². The molecule has 2 aromatic carbocycles. The minimum absolute atomic E-state index is 0.0267. The highest BCUT2D eigenvalue weighted by atomic mass is 16.5. The Kier molecular flexibility index (Phi) is 7.44.